The van der Waals surface area contributed by atoms with Gasteiger partial charge in [-0.25, -0.2) is 0 Å². The maximum atomic E-state index is 12.5. The fourth-order valence-corrected chi connectivity index (χ4v) is 2.50. The molecule has 1 aliphatic heterocycles. The summed E-state index contributed by atoms with van der Waals surface area (Å²) in [7, 11) is 2.08. The molecule has 1 aliphatic rings. The van der Waals surface area contributed by atoms with E-state index < -0.39 is 17.8 Å². The Bertz CT molecular complexity index is 439. The van der Waals surface area contributed by atoms with Crippen molar-refractivity contribution in [2.75, 3.05) is 26.7 Å². The second-order valence-corrected chi connectivity index (χ2v) is 5.62. The minimum absolute atomic E-state index is 0.361. The van der Waals surface area contributed by atoms with E-state index >= 15 is 0 Å². The van der Waals surface area contributed by atoms with Crippen LogP contribution in [0.2, 0.25) is 0 Å². The molecule has 0 amide bonds. The summed E-state index contributed by atoms with van der Waals surface area (Å²) in [5.41, 5.74) is -0.190. The third-order valence-electron chi connectivity index (χ3n) is 3.94. The Kier molecular flexibility index (Phi) is 5.24. The van der Waals surface area contributed by atoms with Crippen molar-refractivity contribution in [2.24, 2.45) is 0 Å². The van der Waals surface area contributed by atoms with Gasteiger partial charge in [-0.3, -0.25) is 0 Å². The molecule has 1 aromatic rings. The molecule has 0 bridgehead atoms. The second kappa shape index (κ2) is 6.77. The highest BCUT2D eigenvalue weighted by atomic mass is 19.4. The van der Waals surface area contributed by atoms with E-state index in [0.717, 1.165) is 38.1 Å². The molecule has 0 saturated carbocycles. The van der Waals surface area contributed by atoms with E-state index in [-0.39, 0.29) is 0 Å². The highest BCUT2D eigenvalue weighted by molar-refractivity contribution is 5.26. The first-order valence-corrected chi connectivity index (χ1v) is 7.13. The summed E-state index contributed by atoms with van der Waals surface area (Å²) in [4.78, 5) is 2.25. The number of rotatable bonds is 4. The summed E-state index contributed by atoms with van der Waals surface area (Å²) >= 11 is 0. The van der Waals surface area contributed by atoms with Crippen molar-refractivity contribution in [2.45, 2.75) is 31.2 Å². The highest BCUT2D eigenvalue weighted by Gasteiger charge is 2.30. The van der Waals surface area contributed by atoms with Crippen LogP contribution in [0.15, 0.2) is 24.3 Å². The largest absolute Gasteiger partial charge is 0.416 e. The molecule has 3 nitrogen and oxygen atoms in total. The van der Waals surface area contributed by atoms with Crippen LogP contribution >= 0.6 is 0 Å². The molecular formula is C15H21F3N2O. The molecule has 1 atom stereocenters. The Balaban J connectivity index is 1.84. The number of nitrogens with zero attached hydrogens (tertiary/aromatic N) is 1. The molecule has 6 heteroatoms. The van der Waals surface area contributed by atoms with Gasteiger partial charge in [-0.15, -0.1) is 0 Å². The summed E-state index contributed by atoms with van der Waals surface area (Å²) in [6, 6.07) is 5.06. The van der Waals surface area contributed by atoms with Crippen LogP contribution in [-0.4, -0.2) is 42.7 Å². The van der Waals surface area contributed by atoms with Gasteiger partial charge in [-0.2, -0.15) is 13.2 Å². The topological polar surface area (TPSA) is 35.5 Å². The lowest BCUT2D eigenvalue weighted by atomic mass is 10.0. The van der Waals surface area contributed by atoms with Crippen LogP contribution in [-0.2, 0) is 6.18 Å². The Hall–Kier alpha value is -1.11. The number of benzene rings is 1. The van der Waals surface area contributed by atoms with Crippen molar-refractivity contribution < 1.29 is 18.3 Å². The van der Waals surface area contributed by atoms with Gasteiger partial charge in [0.2, 0.25) is 0 Å². The molecule has 0 aromatic heterocycles. The number of likely N-dealkylation sites (tertiary alicyclic amines) is 1. The Morgan fingerprint density at radius 2 is 1.81 bits per heavy atom. The molecule has 0 aliphatic carbocycles. The molecule has 0 radical (unpaired) electrons. The van der Waals surface area contributed by atoms with E-state index in [2.05, 4.69) is 17.3 Å². The molecule has 1 unspecified atom stereocenters. The first-order valence-electron chi connectivity index (χ1n) is 7.13. The van der Waals surface area contributed by atoms with Gasteiger partial charge >= 0.3 is 6.18 Å². The lowest BCUT2D eigenvalue weighted by molar-refractivity contribution is -0.137. The van der Waals surface area contributed by atoms with Gasteiger partial charge in [0.15, 0.2) is 0 Å². The van der Waals surface area contributed by atoms with Crippen molar-refractivity contribution in [3.05, 3.63) is 35.4 Å². The molecule has 21 heavy (non-hydrogen) atoms. The van der Waals surface area contributed by atoms with Crippen molar-refractivity contribution in [1.29, 1.82) is 0 Å². The van der Waals surface area contributed by atoms with Gasteiger partial charge in [0.25, 0.3) is 0 Å². The van der Waals surface area contributed by atoms with Crippen LogP contribution < -0.4 is 5.32 Å². The van der Waals surface area contributed by atoms with E-state index in [4.69, 9.17) is 0 Å². The van der Waals surface area contributed by atoms with Crippen LogP contribution in [0.4, 0.5) is 13.2 Å². The number of alkyl halides is 3. The molecule has 0 spiro atoms. The zero-order valence-electron chi connectivity index (χ0n) is 12.0. The van der Waals surface area contributed by atoms with Gasteiger partial charge < -0.3 is 15.3 Å². The molecule has 2 N–H and O–H groups in total. The van der Waals surface area contributed by atoms with Gasteiger partial charge in [0.05, 0.1) is 11.7 Å². The third kappa shape index (κ3) is 4.69. The zero-order valence-corrected chi connectivity index (χ0v) is 12.0. The Morgan fingerprint density at radius 3 is 2.33 bits per heavy atom. The zero-order chi connectivity index (χ0) is 15.5. The number of piperidine rings is 1. The third-order valence-corrected chi connectivity index (χ3v) is 3.94. The normalized spacial score (nSPS) is 19.7. The lowest BCUT2D eigenvalue weighted by Gasteiger charge is -2.30. The van der Waals surface area contributed by atoms with E-state index in [1.54, 1.807) is 0 Å². The number of halogens is 3. The van der Waals surface area contributed by atoms with Crippen LogP contribution in [0.25, 0.3) is 0 Å². The monoisotopic (exact) mass is 302 g/mol. The number of aliphatic hydroxyl groups excluding tert-OH is 1. The second-order valence-electron chi connectivity index (χ2n) is 5.62. The van der Waals surface area contributed by atoms with Crippen molar-refractivity contribution in [1.82, 2.24) is 10.2 Å². The predicted molar refractivity (Wildman–Crippen MR) is 74.9 cm³/mol. The first-order chi connectivity index (χ1) is 9.86. The average molecular weight is 302 g/mol. The van der Waals surface area contributed by atoms with Gasteiger partial charge in [-0.05, 0) is 50.7 Å². The summed E-state index contributed by atoms with van der Waals surface area (Å²) in [5, 5.41) is 13.3. The fraction of sp³-hybridized carbons (Fsp3) is 0.600. The smallest absolute Gasteiger partial charge is 0.387 e. The SMILES string of the molecule is CN1CCC(NCC(O)c2ccc(C(F)(F)F)cc2)CC1. The van der Waals surface area contributed by atoms with E-state index in [9.17, 15) is 18.3 Å². The van der Waals surface area contributed by atoms with E-state index in [0.29, 0.717) is 18.2 Å². The maximum Gasteiger partial charge on any atom is 0.416 e. The number of nitrogens with one attached hydrogen (secondary N) is 1. The highest BCUT2D eigenvalue weighted by Crippen LogP contribution is 2.29. The summed E-state index contributed by atoms with van der Waals surface area (Å²) in [5.74, 6) is 0. The van der Waals surface area contributed by atoms with Crippen LogP contribution in [0.1, 0.15) is 30.1 Å². The summed E-state index contributed by atoms with van der Waals surface area (Å²) in [6.45, 7) is 2.40. The van der Waals surface area contributed by atoms with Crippen LogP contribution in [0.5, 0.6) is 0 Å². The molecule has 1 heterocycles. The molecule has 1 fully saturated rings. The van der Waals surface area contributed by atoms with Crippen LogP contribution in [0, 0.1) is 0 Å². The van der Waals surface area contributed by atoms with Gasteiger partial charge in [0, 0.05) is 12.6 Å². The number of hydrogen-bond donors (Lipinski definition) is 2. The molecule has 2 rings (SSSR count). The fourth-order valence-electron chi connectivity index (χ4n) is 2.50. The van der Waals surface area contributed by atoms with Crippen molar-refractivity contribution in [3.63, 3.8) is 0 Å². The predicted octanol–water partition coefficient (Wildman–Crippen LogP) is 2.42. The quantitative estimate of drug-likeness (QED) is 0.896. The van der Waals surface area contributed by atoms with Gasteiger partial charge in [-0.1, -0.05) is 12.1 Å². The Labute approximate surface area is 122 Å². The van der Waals surface area contributed by atoms with Crippen molar-refractivity contribution >= 4 is 0 Å². The summed E-state index contributed by atoms with van der Waals surface area (Å²) < 4.78 is 37.4. The molecule has 118 valence electrons. The average Bonchev–Trinajstić information content (AvgIpc) is 2.45. The standard InChI is InChI=1S/C15H21F3N2O/c1-20-8-6-13(7-9-20)19-10-14(21)11-2-4-12(5-3-11)15(16,17)18/h2-5,13-14,19,21H,6-10H2,1H3. The minimum atomic E-state index is -4.34. The Morgan fingerprint density at radius 1 is 1.24 bits per heavy atom. The lowest BCUT2D eigenvalue weighted by Crippen LogP contribution is -2.42. The number of hydrogen-bond acceptors (Lipinski definition) is 3. The maximum absolute atomic E-state index is 12.5. The molecular weight excluding hydrogens is 281 g/mol. The molecule has 1 saturated heterocycles. The molecule has 1 aromatic carbocycles. The summed E-state index contributed by atoms with van der Waals surface area (Å²) in [6.07, 6.45) is -3.07. The first kappa shape index (κ1) is 16.3. The van der Waals surface area contributed by atoms with Crippen LogP contribution in [0.3, 0.4) is 0 Å². The van der Waals surface area contributed by atoms with Gasteiger partial charge in [0.1, 0.15) is 0 Å². The minimum Gasteiger partial charge on any atom is -0.387 e. The van der Waals surface area contributed by atoms with E-state index in [1.807, 2.05) is 0 Å². The van der Waals surface area contributed by atoms with E-state index in [1.165, 1.54) is 12.1 Å². The number of aliphatic hydroxyl groups is 1. The van der Waals surface area contributed by atoms with Crippen molar-refractivity contribution in [3.8, 4) is 0 Å².